The van der Waals surface area contributed by atoms with E-state index in [2.05, 4.69) is 43.5 Å². The predicted molar refractivity (Wildman–Crippen MR) is 264 cm³/mol. The van der Waals surface area contributed by atoms with E-state index in [-0.39, 0.29) is 18.5 Å². The maximum atomic E-state index is 12.5. The quantitative estimate of drug-likeness (QED) is 0.0322. The Morgan fingerprint density at radius 3 is 1.16 bits per heavy atom. The molecule has 0 saturated carbocycles. The molecule has 0 aliphatic heterocycles. The van der Waals surface area contributed by atoms with Crippen molar-refractivity contribution < 1.29 is 24.5 Å². The highest BCUT2D eigenvalue weighted by molar-refractivity contribution is 5.76. The van der Waals surface area contributed by atoms with E-state index < -0.39 is 12.1 Å². The minimum atomic E-state index is -0.686. The molecule has 6 heteroatoms. The second kappa shape index (κ2) is 51.0. The van der Waals surface area contributed by atoms with Crippen LogP contribution in [0.3, 0.4) is 0 Å². The second-order valence-electron chi connectivity index (χ2n) is 18.6. The number of unbranched alkanes of at least 4 members (excludes halogenated alkanes) is 35. The van der Waals surface area contributed by atoms with Gasteiger partial charge in [0.05, 0.1) is 25.4 Å². The van der Waals surface area contributed by atoms with Crippen molar-refractivity contribution in [3.63, 3.8) is 0 Å². The summed E-state index contributed by atoms with van der Waals surface area (Å²) in [5.41, 5.74) is 0. The molecule has 0 aromatic rings. The zero-order valence-corrected chi connectivity index (χ0v) is 40.9. The smallest absolute Gasteiger partial charge is 0.305 e. The lowest BCUT2D eigenvalue weighted by Gasteiger charge is -2.22. The number of carbonyl (C=O) groups is 2. The SMILES string of the molecule is CCCCCCCC/C=C\CCCCCCCCCC(=O)OCCCC/C=C\CCCCCCC(=O)NC(CO)C(O)CCCCCCCCCCCCCCCCCCC. The molecule has 0 fully saturated rings. The van der Waals surface area contributed by atoms with E-state index in [1.54, 1.807) is 0 Å². The summed E-state index contributed by atoms with van der Waals surface area (Å²) in [7, 11) is 0. The standard InChI is InChI=1S/C55H105NO5/c1-3-5-7-9-11-13-15-17-19-21-23-25-27-31-35-39-43-47-53(58)52(51-57)56-54(59)48-44-40-36-32-29-30-34-38-42-46-50-61-55(60)49-45-41-37-33-28-26-24-22-20-18-16-14-12-10-8-6-4-2/h18,20,30,34,52-53,57-58H,3-17,19,21-29,31-33,35-51H2,1-2H3,(H,56,59)/b20-18-,34-30-. The molecule has 0 aliphatic carbocycles. The molecule has 0 bridgehead atoms. The first kappa shape index (κ1) is 59.3. The fourth-order valence-corrected chi connectivity index (χ4v) is 8.28. The van der Waals surface area contributed by atoms with Crippen LogP contribution in [0.4, 0.5) is 0 Å². The molecular weight excluding hydrogens is 755 g/mol. The summed E-state index contributed by atoms with van der Waals surface area (Å²) < 4.78 is 5.44. The summed E-state index contributed by atoms with van der Waals surface area (Å²) >= 11 is 0. The van der Waals surface area contributed by atoms with Gasteiger partial charge in [-0.3, -0.25) is 9.59 Å². The number of allylic oxidation sites excluding steroid dienone is 4. The Kier molecular flexibility index (Phi) is 49.6. The van der Waals surface area contributed by atoms with E-state index in [0.717, 1.165) is 77.0 Å². The number of aliphatic hydroxyl groups excluding tert-OH is 2. The average Bonchev–Trinajstić information content (AvgIpc) is 3.26. The maximum Gasteiger partial charge on any atom is 0.305 e. The van der Waals surface area contributed by atoms with Gasteiger partial charge in [0.2, 0.25) is 5.91 Å². The van der Waals surface area contributed by atoms with E-state index in [1.807, 2.05) is 0 Å². The summed E-state index contributed by atoms with van der Waals surface area (Å²) in [6, 6.07) is -0.567. The van der Waals surface area contributed by atoms with Gasteiger partial charge in [0.15, 0.2) is 0 Å². The third kappa shape index (κ3) is 47.7. The fraction of sp³-hybridized carbons (Fsp3) is 0.891. The normalized spacial score (nSPS) is 12.8. The number of nitrogens with one attached hydrogen (secondary N) is 1. The maximum absolute atomic E-state index is 12.5. The number of esters is 1. The molecule has 0 heterocycles. The highest BCUT2D eigenvalue weighted by Crippen LogP contribution is 2.16. The Hall–Kier alpha value is -1.66. The van der Waals surface area contributed by atoms with Crippen LogP contribution in [0.5, 0.6) is 0 Å². The lowest BCUT2D eigenvalue weighted by molar-refractivity contribution is -0.143. The van der Waals surface area contributed by atoms with Crippen LogP contribution < -0.4 is 5.32 Å². The number of amides is 1. The van der Waals surface area contributed by atoms with Crippen LogP contribution in [-0.4, -0.2) is 47.4 Å². The molecule has 0 spiro atoms. The topological polar surface area (TPSA) is 95.9 Å². The minimum absolute atomic E-state index is 0.0394. The van der Waals surface area contributed by atoms with Crippen molar-refractivity contribution >= 4 is 11.9 Å². The van der Waals surface area contributed by atoms with Gasteiger partial charge in [-0.2, -0.15) is 0 Å². The number of hydrogen-bond donors (Lipinski definition) is 3. The Morgan fingerprint density at radius 1 is 0.443 bits per heavy atom. The van der Waals surface area contributed by atoms with Crippen LogP contribution in [0, 0.1) is 0 Å². The van der Waals surface area contributed by atoms with Gasteiger partial charge in [-0.05, 0) is 77.0 Å². The second-order valence-corrected chi connectivity index (χ2v) is 18.6. The van der Waals surface area contributed by atoms with Gasteiger partial charge in [0.25, 0.3) is 0 Å². The van der Waals surface area contributed by atoms with Crippen molar-refractivity contribution in [2.45, 2.75) is 302 Å². The molecule has 1 amide bonds. The first-order valence-electron chi connectivity index (χ1n) is 27.1. The van der Waals surface area contributed by atoms with E-state index in [4.69, 9.17) is 4.74 Å². The van der Waals surface area contributed by atoms with Gasteiger partial charge >= 0.3 is 5.97 Å². The third-order valence-corrected chi connectivity index (χ3v) is 12.5. The van der Waals surface area contributed by atoms with Crippen LogP contribution in [-0.2, 0) is 14.3 Å². The largest absolute Gasteiger partial charge is 0.466 e. The van der Waals surface area contributed by atoms with Crippen molar-refractivity contribution in [2.75, 3.05) is 13.2 Å². The summed E-state index contributed by atoms with van der Waals surface area (Å²) in [6.45, 7) is 4.87. The van der Waals surface area contributed by atoms with Crippen molar-refractivity contribution in [1.29, 1.82) is 0 Å². The molecule has 2 atom stereocenters. The molecular formula is C55H105NO5. The van der Waals surface area contributed by atoms with E-state index >= 15 is 0 Å². The molecule has 61 heavy (non-hydrogen) atoms. The molecule has 0 aliphatic rings. The van der Waals surface area contributed by atoms with Gasteiger partial charge in [0.1, 0.15) is 0 Å². The van der Waals surface area contributed by atoms with Gasteiger partial charge in [0, 0.05) is 12.8 Å². The molecule has 0 aromatic carbocycles. The van der Waals surface area contributed by atoms with Crippen LogP contribution in [0.25, 0.3) is 0 Å². The highest BCUT2D eigenvalue weighted by Gasteiger charge is 2.20. The first-order chi connectivity index (χ1) is 30.0. The monoisotopic (exact) mass is 860 g/mol. The Balaban J connectivity index is 3.52. The predicted octanol–water partition coefficient (Wildman–Crippen LogP) is 16.3. The van der Waals surface area contributed by atoms with Gasteiger partial charge in [-0.1, -0.05) is 224 Å². The van der Waals surface area contributed by atoms with Crippen LogP contribution in [0.2, 0.25) is 0 Å². The summed E-state index contributed by atoms with van der Waals surface area (Å²) in [6.07, 6.45) is 60.1. The molecule has 0 saturated heterocycles. The zero-order valence-electron chi connectivity index (χ0n) is 40.9. The van der Waals surface area contributed by atoms with Crippen molar-refractivity contribution in [3.05, 3.63) is 24.3 Å². The number of aliphatic hydroxyl groups is 2. The lowest BCUT2D eigenvalue weighted by Crippen LogP contribution is -2.45. The molecule has 6 nitrogen and oxygen atoms in total. The molecule has 0 aromatic heterocycles. The summed E-state index contributed by atoms with van der Waals surface area (Å²) in [5.74, 6) is -0.109. The van der Waals surface area contributed by atoms with Crippen LogP contribution in [0.15, 0.2) is 24.3 Å². The van der Waals surface area contributed by atoms with Gasteiger partial charge in [-0.25, -0.2) is 0 Å². The average molecular weight is 860 g/mol. The molecule has 360 valence electrons. The van der Waals surface area contributed by atoms with Crippen LogP contribution in [0.1, 0.15) is 290 Å². The molecule has 0 radical (unpaired) electrons. The van der Waals surface area contributed by atoms with Gasteiger partial charge < -0.3 is 20.3 Å². The summed E-state index contributed by atoms with van der Waals surface area (Å²) in [5, 5.41) is 23.2. The lowest BCUT2D eigenvalue weighted by atomic mass is 10.0. The number of ether oxygens (including phenoxy) is 1. The van der Waals surface area contributed by atoms with E-state index in [9.17, 15) is 19.8 Å². The molecule has 0 rings (SSSR count). The Labute approximate surface area is 380 Å². The fourth-order valence-electron chi connectivity index (χ4n) is 8.28. The third-order valence-electron chi connectivity index (χ3n) is 12.5. The van der Waals surface area contributed by atoms with Crippen LogP contribution >= 0.6 is 0 Å². The van der Waals surface area contributed by atoms with Crippen molar-refractivity contribution in [3.8, 4) is 0 Å². The van der Waals surface area contributed by atoms with Crippen molar-refractivity contribution in [2.24, 2.45) is 0 Å². The van der Waals surface area contributed by atoms with E-state index in [1.165, 1.54) is 180 Å². The molecule has 3 N–H and O–H groups in total. The number of carbonyl (C=O) groups excluding carboxylic acids is 2. The first-order valence-corrected chi connectivity index (χ1v) is 27.1. The van der Waals surface area contributed by atoms with E-state index in [0.29, 0.717) is 25.9 Å². The highest BCUT2D eigenvalue weighted by atomic mass is 16.5. The summed E-state index contributed by atoms with van der Waals surface area (Å²) in [4.78, 5) is 24.5. The number of rotatable bonds is 50. The Bertz CT molecular complexity index is 951. The number of hydrogen-bond acceptors (Lipinski definition) is 5. The van der Waals surface area contributed by atoms with Crippen molar-refractivity contribution in [1.82, 2.24) is 5.32 Å². The zero-order chi connectivity index (χ0) is 44.4. The van der Waals surface area contributed by atoms with Gasteiger partial charge in [-0.15, -0.1) is 0 Å². The minimum Gasteiger partial charge on any atom is -0.466 e. The Morgan fingerprint density at radius 2 is 0.770 bits per heavy atom. The molecule has 2 unspecified atom stereocenters.